The molecule has 0 aromatic carbocycles. The molecule has 0 spiro atoms. The summed E-state index contributed by atoms with van der Waals surface area (Å²) in [6, 6.07) is 3.68. The molecule has 0 amide bonds. The van der Waals surface area contributed by atoms with Crippen molar-refractivity contribution in [3.05, 3.63) is 35.9 Å². The first kappa shape index (κ1) is 10.6. The first-order chi connectivity index (χ1) is 7.75. The van der Waals surface area contributed by atoms with Crippen LogP contribution in [0.4, 0.5) is 0 Å². The van der Waals surface area contributed by atoms with Gasteiger partial charge in [0.1, 0.15) is 17.9 Å². The third kappa shape index (κ3) is 2.57. The molecule has 82 valence electrons. The van der Waals surface area contributed by atoms with Crippen LogP contribution in [-0.2, 0) is 5.75 Å². The number of rotatable bonds is 4. The maximum absolute atomic E-state index is 7.28. The van der Waals surface area contributed by atoms with Crippen LogP contribution in [0.5, 0.6) is 0 Å². The van der Waals surface area contributed by atoms with E-state index in [1.54, 1.807) is 12.3 Å². The van der Waals surface area contributed by atoms with E-state index in [1.165, 1.54) is 18.1 Å². The van der Waals surface area contributed by atoms with Gasteiger partial charge >= 0.3 is 0 Å². The second-order valence-electron chi connectivity index (χ2n) is 3.04. The Morgan fingerprint density at radius 3 is 3.06 bits per heavy atom. The van der Waals surface area contributed by atoms with E-state index in [2.05, 4.69) is 20.2 Å². The number of hydrogen-bond acceptors (Lipinski definition) is 5. The van der Waals surface area contributed by atoms with Crippen LogP contribution >= 0.6 is 11.8 Å². The number of aromatic amines is 1. The first-order valence-electron chi connectivity index (χ1n) is 4.53. The minimum atomic E-state index is -0.0217. The number of hydrogen-bond donors (Lipinski definition) is 3. The van der Waals surface area contributed by atoms with Gasteiger partial charge in [0.05, 0.1) is 0 Å². The Hall–Kier alpha value is -1.89. The van der Waals surface area contributed by atoms with E-state index >= 15 is 0 Å². The van der Waals surface area contributed by atoms with Crippen LogP contribution in [0.25, 0.3) is 0 Å². The Balaban J connectivity index is 2.04. The summed E-state index contributed by atoms with van der Waals surface area (Å²) < 4.78 is 0. The average molecular weight is 234 g/mol. The van der Waals surface area contributed by atoms with Gasteiger partial charge < -0.3 is 5.73 Å². The summed E-state index contributed by atoms with van der Waals surface area (Å²) >= 11 is 1.53. The molecule has 0 saturated carbocycles. The number of thioether (sulfide) groups is 1. The topological polar surface area (TPSA) is 104 Å². The summed E-state index contributed by atoms with van der Waals surface area (Å²) in [4.78, 5) is 7.99. The number of nitrogen functional groups attached to an aromatic ring is 1. The molecule has 2 heterocycles. The fourth-order valence-corrected chi connectivity index (χ4v) is 1.85. The number of nitrogens with two attached hydrogens (primary N) is 1. The average Bonchev–Trinajstić information content (AvgIpc) is 2.79. The number of nitrogens with one attached hydrogen (secondary N) is 2. The van der Waals surface area contributed by atoms with Crippen LogP contribution in [0.1, 0.15) is 11.3 Å². The molecule has 0 aliphatic heterocycles. The number of amidine groups is 1. The van der Waals surface area contributed by atoms with Crippen molar-refractivity contribution in [1.82, 2.24) is 20.2 Å². The number of H-pyrrole nitrogens is 1. The van der Waals surface area contributed by atoms with Gasteiger partial charge in [-0.3, -0.25) is 15.5 Å². The summed E-state index contributed by atoms with van der Waals surface area (Å²) in [5.74, 6) is 0.712. The van der Waals surface area contributed by atoms with Crippen molar-refractivity contribution >= 4 is 17.6 Å². The van der Waals surface area contributed by atoms with Crippen molar-refractivity contribution in [3.63, 3.8) is 0 Å². The first-order valence-corrected chi connectivity index (χ1v) is 5.52. The summed E-state index contributed by atoms with van der Waals surface area (Å²) in [5, 5.41) is 14.6. The molecular formula is C9H10N6S. The fraction of sp³-hybridized carbons (Fsp3) is 0.111. The number of nitrogens with zero attached hydrogens (tertiary/aromatic N) is 3. The molecule has 0 aliphatic rings. The second-order valence-corrected chi connectivity index (χ2v) is 4.01. The van der Waals surface area contributed by atoms with Gasteiger partial charge in [-0.05, 0) is 17.7 Å². The maximum atomic E-state index is 7.28. The van der Waals surface area contributed by atoms with Gasteiger partial charge in [-0.1, -0.05) is 11.8 Å². The summed E-state index contributed by atoms with van der Waals surface area (Å²) in [6.07, 6.45) is 3.11. The normalized spacial score (nSPS) is 10.2. The van der Waals surface area contributed by atoms with Crippen molar-refractivity contribution in [2.24, 2.45) is 5.73 Å². The third-order valence-corrected chi connectivity index (χ3v) is 2.82. The molecule has 6 nitrogen and oxygen atoms in total. The Morgan fingerprint density at radius 1 is 1.50 bits per heavy atom. The zero-order chi connectivity index (χ0) is 11.4. The van der Waals surface area contributed by atoms with E-state index in [0.717, 1.165) is 16.5 Å². The lowest BCUT2D eigenvalue weighted by Gasteiger charge is -2.01. The van der Waals surface area contributed by atoms with Crippen LogP contribution < -0.4 is 5.73 Å². The summed E-state index contributed by atoms with van der Waals surface area (Å²) in [6.45, 7) is 0. The second kappa shape index (κ2) is 4.75. The van der Waals surface area contributed by atoms with Gasteiger partial charge in [0.25, 0.3) is 0 Å². The predicted molar refractivity (Wildman–Crippen MR) is 61.2 cm³/mol. The molecule has 4 N–H and O–H groups in total. The molecule has 0 radical (unpaired) electrons. The molecule has 2 aromatic heterocycles. The largest absolute Gasteiger partial charge is 0.382 e. The highest BCUT2D eigenvalue weighted by Gasteiger charge is 2.02. The molecule has 2 rings (SSSR count). The van der Waals surface area contributed by atoms with E-state index in [0.29, 0.717) is 5.69 Å². The molecule has 0 bridgehead atoms. The molecule has 7 heteroatoms. The Kier molecular flexibility index (Phi) is 3.16. The SMILES string of the molecule is N=C(N)c1cc(CSc2ncn[nH]2)ccn1. The number of pyridine rings is 1. The lowest BCUT2D eigenvalue weighted by Crippen LogP contribution is -2.13. The molecule has 0 atom stereocenters. The van der Waals surface area contributed by atoms with Gasteiger partial charge in [-0.25, -0.2) is 4.98 Å². The summed E-state index contributed by atoms with van der Waals surface area (Å²) in [5.41, 5.74) is 6.90. The van der Waals surface area contributed by atoms with E-state index in [4.69, 9.17) is 11.1 Å². The predicted octanol–water partition coefficient (Wildman–Crippen LogP) is 0.776. The molecule has 0 unspecified atom stereocenters. The van der Waals surface area contributed by atoms with Gasteiger partial charge in [0, 0.05) is 11.9 Å². The zero-order valence-corrected chi connectivity index (χ0v) is 9.16. The molecule has 2 aromatic rings. The molecule has 16 heavy (non-hydrogen) atoms. The maximum Gasteiger partial charge on any atom is 0.183 e. The Morgan fingerprint density at radius 2 is 2.38 bits per heavy atom. The van der Waals surface area contributed by atoms with Crippen LogP contribution in [0.2, 0.25) is 0 Å². The van der Waals surface area contributed by atoms with E-state index in [-0.39, 0.29) is 5.84 Å². The van der Waals surface area contributed by atoms with Crippen LogP contribution in [0, 0.1) is 5.41 Å². The lowest BCUT2D eigenvalue weighted by atomic mass is 10.2. The van der Waals surface area contributed by atoms with Crippen molar-refractivity contribution in [1.29, 1.82) is 5.41 Å². The standard InChI is InChI=1S/C9H10N6S/c10-8(11)7-3-6(1-2-12-7)4-16-9-13-5-14-15-9/h1-3,5H,4H2,(H3,10,11)(H,13,14,15). The van der Waals surface area contributed by atoms with E-state index in [1.807, 2.05) is 6.07 Å². The van der Waals surface area contributed by atoms with Gasteiger partial charge in [-0.15, -0.1) is 0 Å². The third-order valence-electron chi connectivity index (χ3n) is 1.87. The molecule has 0 fully saturated rings. The summed E-state index contributed by atoms with van der Waals surface area (Å²) in [7, 11) is 0. The fourth-order valence-electron chi connectivity index (χ4n) is 1.13. The molecule has 0 aliphatic carbocycles. The molecule has 0 saturated heterocycles. The highest BCUT2D eigenvalue weighted by atomic mass is 32.2. The highest BCUT2D eigenvalue weighted by Crippen LogP contribution is 2.17. The minimum absolute atomic E-state index is 0.0217. The zero-order valence-electron chi connectivity index (χ0n) is 8.34. The van der Waals surface area contributed by atoms with Gasteiger partial charge in [0.2, 0.25) is 0 Å². The van der Waals surface area contributed by atoms with Crippen LogP contribution in [-0.4, -0.2) is 26.0 Å². The van der Waals surface area contributed by atoms with Crippen molar-refractivity contribution in [2.75, 3.05) is 0 Å². The minimum Gasteiger partial charge on any atom is -0.382 e. The monoisotopic (exact) mass is 234 g/mol. The van der Waals surface area contributed by atoms with Crippen LogP contribution in [0.15, 0.2) is 29.8 Å². The van der Waals surface area contributed by atoms with Crippen LogP contribution in [0.3, 0.4) is 0 Å². The number of aromatic nitrogens is 4. The quantitative estimate of drug-likeness (QED) is 0.412. The van der Waals surface area contributed by atoms with Crippen molar-refractivity contribution in [2.45, 2.75) is 10.9 Å². The van der Waals surface area contributed by atoms with Crippen molar-refractivity contribution < 1.29 is 0 Å². The molecular weight excluding hydrogens is 224 g/mol. The van der Waals surface area contributed by atoms with Gasteiger partial charge in [0.15, 0.2) is 5.16 Å². The smallest absolute Gasteiger partial charge is 0.183 e. The van der Waals surface area contributed by atoms with E-state index in [9.17, 15) is 0 Å². The Bertz CT molecular complexity index is 481. The van der Waals surface area contributed by atoms with Crippen molar-refractivity contribution in [3.8, 4) is 0 Å². The van der Waals surface area contributed by atoms with E-state index < -0.39 is 0 Å². The van der Waals surface area contributed by atoms with Gasteiger partial charge in [-0.2, -0.15) is 5.10 Å². The highest BCUT2D eigenvalue weighted by molar-refractivity contribution is 7.98. The lowest BCUT2D eigenvalue weighted by molar-refractivity contribution is 0.972. The Labute approximate surface area is 96.2 Å².